The molecule has 1 atom stereocenters. The van der Waals surface area contributed by atoms with Crippen molar-refractivity contribution in [2.45, 2.75) is 17.5 Å². The van der Waals surface area contributed by atoms with Gasteiger partial charge in [0.15, 0.2) is 0 Å². The van der Waals surface area contributed by atoms with Gasteiger partial charge in [-0.1, -0.05) is 0 Å². The minimum absolute atomic E-state index is 0.136. The second-order valence-corrected chi connectivity index (χ2v) is 4.89. The zero-order chi connectivity index (χ0) is 12.1. The van der Waals surface area contributed by atoms with Crippen molar-refractivity contribution in [3.05, 3.63) is 22.7 Å². The minimum atomic E-state index is -0.436. The van der Waals surface area contributed by atoms with Crippen molar-refractivity contribution in [2.75, 3.05) is 18.9 Å². The zero-order valence-electron chi connectivity index (χ0n) is 8.91. The highest BCUT2D eigenvalue weighted by Crippen LogP contribution is 2.24. The molecule has 0 saturated carbocycles. The largest absolute Gasteiger partial charge is 0.395 e. The van der Waals surface area contributed by atoms with E-state index in [1.807, 2.05) is 0 Å². The Labute approximate surface area is 97.1 Å². The van der Waals surface area contributed by atoms with Gasteiger partial charge in [-0.3, -0.25) is 4.57 Å². The first-order valence-electron chi connectivity index (χ1n) is 4.80. The normalized spacial score (nSPS) is 13.0. The predicted molar refractivity (Wildman–Crippen MR) is 63.2 cm³/mol. The third-order valence-electron chi connectivity index (χ3n) is 2.04. The van der Waals surface area contributed by atoms with Gasteiger partial charge in [0.2, 0.25) is 0 Å². The lowest BCUT2D eigenvalue weighted by Gasteiger charge is -2.18. The van der Waals surface area contributed by atoms with E-state index in [-0.39, 0.29) is 29.7 Å². The van der Waals surface area contributed by atoms with Crippen molar-refractivity contribution in [3.8, 4) is 0 Å². The van der Waals surface area contributed by atoms with Crippen LogP contribution in [-0.2, 0) is 0 Å². The van der Waals surface area contributed by atoms with E-state index in [0.29, 0.717) is 0 Å². The molecule has 0 fully saturated rings. The first-order valence-corrected chi connectivity index (χ1v) is 5.74. The number of hydrogen-bond acceptors (Lipinski definition) is 6. The number of aliphatic hydroxyl groups excluding tert-OH is 2. The van der Waals surface area contributed by atoms with Gasteiger partial charge in [-0.05, 0) is 13.0 Å². The highest BCUT2D eigenvalue weighted by molar-refractivity contribution is 7.99. The Balaban J connectivity index is 2.80. The molecule has 1 rings (SSSR count). The van der Waals surface area contributed by atoms with Crippen LogP contribution in [-0.4, -0.2) is 38.2 Å². The van der Waals surface area contributed by atoms with E-state index < -0.39 is 5.69 Å². The van der Waals surface area contributed by atoms with E-state index in [1.54, 1.807) is 13.1 Å². The summed E-state index contributed by atoms with van der Waals surface area (Å²) in [6.45, 7) is 1.52. The van der Waals surface area contributed by atoms with Gasteiger partial charge < -0.3 is 15.9 Å². The average Bonchev–Trinajstić information content (AvgIpc) is 2.25. The quantitative estimate of drug-likeness (QED) is 0.642. The summed E-state index contributed by atoms with van der Waals surface area (Å²) in [6.07, 6.45) is 1.55. The topological polar surface area (TPSA) is 101 Å². The van der Waals surface area contributed by atoms with Crippen molar-refractivity contribution < 1.29 is 10.2 Å². The van der Waals surface area contributed by atoms with Crippen LogP contribution in [0.2, 0.25) is 0 Å². The lowest BCUT2D eigenvalue weighted by molar-refractivity contribution is 0.228. The van der Waals surface area contributed by atoms with Crippen molar-refractivity contribution >= 4 is 17.6 Å². The summed E-state index contributed by atoms with van der Waals surface area (Å²) in [5.41, 5.74) is 4.93. The van der Waals surface area contributed by atoms with E-state index in [1.165, 1.54) is 22.4 Å². The molecule has 1 aromatic heterocycles. The number of thioether (sulfide) groups is 1. The number of aliphatic hydroxyl groups is 2. The Bertz CT molecular complexity index is 392. The molecule has 1 aromatic rings. The average molecular weight is 245 g/mol. The molecule has 0 amide bonds. The van der Waals surface area contributed by atoms with Crippen LogP contribution in [0.15, 0.2) is 17.1 Å². The lowest BCUT2D eigenvalue weighted by atomic mass is 10.5. The van der Waals surface area contributed by atoms with Crippen LogP contribution in [0.1, 0.15) is 12.3 Å². The Morgan fingerprint density at radius 2 is 2.19 bits per heavy atom. The SMILES string of the molecule is CC(SC(CO)CO)n1ccc(N)nc1=O. The first-order chi connectivity index (χ1) is 7.58. The molecule has 0 radical (unpaired) electrons. The molecular weight excluding hydrogens is 230 g/mol. The third kappa shape index (κ3) is 3.22. The van der Waals surface area contributed by atoms with Crippen LogP contribution in [0.25, 0.3) is 0 Å². The van der Waals surface area contributed by atoms with Gasteiger partial charge >= 0.3 is 5.69 Å². The Kier molecular flexibility index (Phi) is 4.78. The first kappa shape index (κ1) is 13.0. The standard InChI is InChI=1S/C9H15N3O3S/c1-6(16-7(4-13)5-14)12-3-2-8(10)11-9(12)15/h2-3,6-7,13-14H,4-5H2,1H3,(H2,10,11,15). The molecule has 0 aromatic carbocycles. The fraction of sp³-hybridized carbons (Fsp3) is 0.556. The number of nitrogens with zero attached hydrogens (tertiary/aromatic N) is 2. The molecule has 1 heterocycles. The van der Waals surface area contributed by atoms with Crippen LogP contribution < -0.4 is 11.4 Å². The summed E-state index contributed by atoms with van der Waals surface area (Å²) >= 11 is 1.30. The minimum Gasteiger partial charge on any atom is -0.395 e. The monoisotopic (exact) mass is 245 g/mol. The van der Waals surface area contributed by atoms with Crippen LogP contribution >= 0.6 is 11.8 Å². The van der Waals surface area contributed by atoms with Crippen molar-refractivity contribution in [1.29, 1.82) is 0 Å². The summed E-state index contributed by atoms with van der Waals surface area (Å²) in [5.74, 6) is 0.180. The molecule has 0 aliphatic carbocycles. The molecule has 16 heavy (non-hydrogen) atoms. The number of anilines is 1. The van der Waals surface area contributed by atoms with E-state index in [9.17, 15) is 4.79 Å². The molecule has 0 bridgehead atoms. The Hall–Kier alpha value is -1.05. The van der Waals surface area contributed by atoms with Crippen LogP contribution in [0, 0.1) is 0 Å². The maximum absolute atomic E-state index is 11.5. The summed E-state index contributed by atoms with van der Waals surface area (Å²) in [5, 5.41) is 17.3. The molecule has 6 nitrogen and oxygen atoms in total. The Morgan fingerprint density at radius 3 is 2.69 bits per heavy atom. The lowest BCUT2D eigenvalue weighted by Crippen LogP contribution is -2.26. The fourth-order valence-corrected chi connectivity index (χ4v) is 2.21. The van der Waals surface area contributed by atoms with E-state index >= 15 is 0 Å². The van der Waals surface area contributed by atoms with Crippen molar-refractivity contribution in [2.24, 2.45) is 0 Å². The van der Waals surface area contributed by atoms with Crippen molar-refractivity contribution in [1.82, 2.24) is 9.55 Å². The molecule has 4 N–H and O–H groups in total. The molecule has 7 heteroatoms. The van der Waals surface area contributed by atoms with E-state index in [4.69, 9.17) is 15.9 Å². The van der Waals surface area contributed by atoms with E-state index in [2.05, 4.69) is 4.98 Å². The van der Waals surface area contributed by atoms with Gasteiger partial charge in [0.25, 0.3) is 0 Å². The predicted octanol–water partition coefficient (Wildman–Crippen LogP) is -0.570. The summed E-state index contributed by atoms with van der Waals surface area (Å²) in [6, 6.07) is 1.53. The third-order valence-corrected chi connectivity index (χ3v) is 3.34. The van der Waals surface area contributed by atoms with Gasteiger partial charge in [0, 0.05) is 6.20 Å². The summed E-state index contributed by atoms with van der Waals surface area (Å²) in [7, 11) is 0. The van der Waals surface area contributed by atoms with Crippen LogP contribution in [0.3, 0.4) is 0 Å². The second-order valence-electron chi connectivity index (χ2n) is 3.26. The Morgan fingerprint density at radius 1 is 1.56 bits per heavy atom. The van der Waals surface area contributed by atoms with Gasteiger partial charge in [-0.2, -0.15) is 4.98 Å². The van der Waals surface area contributed by atoms with Gasteiger partial charge in [0.1, 0.15) is 5.82 Å². The van der Waals surface area contributed by atoms with Gasteiger partial charge in [-0.15, -0.1) is 11.8 Å². The number of nitrogen functional groups attached to an aromatic ring is 1. The molecule has 0 aliphatic rings. The van der Waals surface area contributed by atoms with E-state index in [0.717, 1.165) is 0 Å². The number of rotatable bonds is 5. The van der Waals surface area contributed by atoms with Crippen LogP contribution in [0.4, 0.5) is 5.82 Å². The maximum atomic E-state index is 11.5. The molecule has 1 unspecified atom stereocenters. The highest BCUT2D eigenvalue weighted by atomic mass is 32.2. The number of aromatic nitrogens is 2. The zero-order valence-corrected chi connectivity index (χ0v) is 9.72. The summed E-state index contributed by atoms with van der Waals surface area (Å²) < 4.78 is 1.40. The number of nitrogens with two attached hydrogens (primary N) is 1. The van der Waals surface area contributed by atoms with Crippen molar-refractivity contribution in [3.63, 3.8) is 0 Å². The van der Waals surface area contributed by atoms with Crippen LogP contribution in [0.5, 0.6) is 0 Å². The van der Waals surface area contributed by atoms with Gasteiger partial charge in [-0.25, -0.2) is 4.79 Å². The maximum Gasteiger partial charge on any atom is 0.350 e. The fourth-order valence-electron chi connectivity index (χ4n) is 1.19. The molecular formula is C9H15N3O3S. The molecule has 0 aliphatic heterocycles. The molecule has 90 valence electrons. The van der Waals surface area contributed by atoms with Gasteiger partial charge in [0.05, 0.1) is 23.8 Å². The summed E-state index contributed by atoms with van der Waals surface area (Å²) in [4.78, 5) is 15.1. The molecule has 0 spiro atoms. The highest BCUT2D eigenvalue weighted by Gasteiger charge is 2.14. The smallest absolute Gasteiger partial charge is 0.350 e. The number of hydrogen-bond donors (Lipinski definition) is 3. The molecule has 0 saturated heterocycles. The second kappa shape index (κ2) is 5.88.